The first kappa shape index (κ1) is 14.4. The Morgan fingerprint density at radius 3 is 2.29 bits per heavy atom. The average molecular weight is 263 g/mol. The first-order chi connectivity index (χ1) is 7.92. The van der Waals surface area contributed by atoms with E-state index in [1.165, 1.54) is 12.1 Å². The number of rotatable bonds is 5. The Morgan fingerprint density at radius 1 is 1.24 bits per heavy atom. The van der Waals surface area contributed by atoms with Crippen LogP contribution in [-0.4, -0.2) is 5.51 Å². The Hall–Kier alpha value is -0.680. The maximum Gasteiger partial charge on any atom is 0.446 e. The van der Waals surface area contributed by atoms with Crippen molar-refractivity contribution in [1.29, 1.82) is 0 Å². The zero-order valence-corrected chi connectivity index (χ0v) is 10.4. The van der Waals surface area contributed by atoms with Gasteiger partial charge in [-0.25, -0.2) is 0 Å². The fraction of sp³-hybridized carbons (Fsp3) is 0.500. The van der Waals surface area contributed by atoms with Gasteiger partial charge in [0.05, 0.1) is 0 Å². The van der Waals surface area contributed by atoms with Gasteiger partial charge in [0.15, 0.2) is 0 Å². The molecule has 0 aromatic heterocycles. The van der Waals surface area contributed by atoms with Crippen LogP contribution in [0.1, 0.15) is 37.8 Å². The number of hydrogen-bond donors (Lipinski definition) is 1. The summed E-state index contributed by atoms with van der Waals surface area (Å²) in [6.45, 7) is 2.08. The minimum Gasteiger partial charge on any atom is -0.324 e. The predicted octanol–water partition coefficient (Wildman–Crippen LogP) is 4.49. The predicted molar refractivity (Wildman–Crippen MR) is 64.8 cm³/mol. The van der Waals surface area contributed by atoms with Crippen LogP contribution in [0.15, 0.2) is 29.2 Å². The number of halogens is 3. The molecule has 0 spiro atoms. The molecule has 0 bridgehead atoms. The molecule has 1 nitrogen and oxygen atoms in total. The number of alkyl halides is 3. The van der Waals surface area contributed by atoms with Crippen LogP contribution >= 0.6 is 11.8 Å². The molecule has 17 heavy (non-hydrogen) atoms. The molecule has 1 atom stereocenters. The van der Waals surface area contributed by atoms with Gasteiger partial charge < -0.3 is 5.73 Å². The molecule has 0 aliphatic rings. The monoisotopic (exact) mass is 263 g/mol. The summed E-state index contributed by atoms with van der Waals surface area (Å²) in [5, 5.41) is 0. The molecule has 5 heteroatoms. The Morgan fingerprint density at radius 2 is 1.82 bits per heavy atom. The maximum absolute atomic E-state index is 12.1. The van der Waals surface area contributed by atoms with E-state index in [-0.39, 0.29) is 22.7 Å². The van der Waals surface area contributed by atoms with E-state index in [4.69, 9.17) is 5.73 Å². The van der Waals surface area contributed by atoms with E-state index < -0.39 is 5.51 Å². The van der Waals surface area contributed by atoms with Gasteiger partial charge in [0.1, 0.15) is 0 Å². The molecular formula is C12H16F3NS. The molecule has 1 aromatic carbocycles. The van der Waals surface area contributed by atoms with Gasteiger partial charge in [-0.3, -0.25) is 0 Å². The summed E-state index contributed by atoms with van der Waals surface area (Å²) in [5.41, 5.74) is 2.59. The first-order valence-corrected chi connectivity index (χ1v) is 6.35. The van der Waals surface area contributed by atoms with E-state index in [2.05, 4.69) is 6.92 Å². The van der Waals surface area contributed by atoms with Gasteiger partial charge in [0.25, 0.3) is 0 Å². The number of nitrogens with two attached hydrogens (primary N) is 1. The molecule has 0 saturated heterocycles. The summed E-state index contributed by atoms with van der Waals surface area (Å²) in [7, 11) is 0. The molecule has 1 aromatic rings. The Labute approximate surface area is 104 Å². The molecule has 0 heterocycles. The third-order valence-electron chi connectivity index (χ3n) is 2.41. The lowest BCUT2D eigenvalue weighted by Gasteiger charge is -2.12. The minimum atomic E-state index is -4.23. The average Bonchev–Trinajstić information content (AvgIpc) is 2.24. The summed E-state index contributed by atoms with van der Waals surface area (Å²) in [6, 6.07) is 6.21. The van der Waals surface area contributed by atoms with Gasteiger partial charge in [-0.1, -0.05) is 31.9 Å². The summed E-state index contributed by atoms with van der Waals surface area (Å²) < 4.78 is 36.3. The van der Waals surface area contributed by atoms with Crippen LogP contribution in [0, 0.1) is 0 Å². The second kappa shape index (κ2) is 6.31. The Balaban J connectivity index is 2.61. The topological polar surface area (TPSA) is 26.0 Å². The lowest BCUT2D eigenvalue weighted by Crippen LogP contribution is -2.09. The zero-order valence-electron chi connectivity index (χ0n) is 9.63. The van der Waals surface area contributed by atoms with E-state index >= 15 is 0 Å². The largest absolute Gasteiger partial charge is 0.446 e. The number of benzene rings is 1. The van der Waals surface area contributed by atoms with Gasteiger partial charge in [-0.05, 0) is 35.9 Å². The maximum atomic E-state index is 12.1. The van der Waals surface area contributed by atoms with Crippen LogP contribution in [0.2, 0.25) is 0 Å². The van der Waals surface area contributed by atoms with Crippen molar-refractivity contribution < 1.29 is 13.2 Å². The fourth-order valence-corrected chi connectivity index (χ4v) is 2.05. The Kier molecular flexibility index (Phi) is 5.33. The fourth-order valence-electron chi connectivity index (χ4n) is 1.51. The quantitative estimate of drug-likeness (QED) is 0.792. The number of hydrogen-bond acceptors (Lipinski definition) is 2. The van der Waals surface area contributed by atoms with Gasteiger partial charge in [0, 0.05) is 10.9 Å². The van der Waals surface area contributed by atoms with Crippen LogP contribution in [-0.2, 0) is 0 Å². The molecule has 0 aliphatic heterocycles. The van der Waals surface area contributed by atoms with Crippen molar-refractivity contribution in [3.63, 3.8) is 0 Å². The van der Waals surface area contributed by atoms with E-state index in [1.807, 2.05) is 0 Å². The van der Waals surface area contributed by atoms with E-state index in [9.17, 15) is 13.2 Å². The highest BCUT2D eigenvalue weighted by Crippen LogP contribution is 2.37. The molecule has 0 radical (unpaired) electrons. The summed E-state index contributed by atoms with van der Waals surface area (Å²) in [5.74, 6) is 0. The highest BCUT2D eigenvalue weighted by molar-refractivity contribution is 8.00. The Bertz CT molecular complexity index is 335. The number of thioether (sulfide) groups is 1. The van der Waals surface area contributed by atoms with Crippen molar-refractivity contribution in [2.75, 3.05) is 0 Å². The standard InChI is InChI=1S/C12H16F3NS/c1-2-3-4-11(16)9-5-7-10(8-6-9)17-12(13,14)15/h5-8,11H,2-4,16H2,1H3/t11-/m0/s1. The summed E-state index contributed by atoms with van der Waals surface area (Å²) in [6.07, 6.45) is 2.96. The molecule has 1 rings (SSSR count). The van der Waals surface area contributed by atoms with Crippen molar-refractivity contribution >= 4 is 11.8 Å². The molecule has 0 aliphatic carbocycles. The summed E-state index contributed by atoms with van der Waals surface area (Å²) >= 11 is -0.102. The van der Waals surface area contributed by atoms with Crippen LogP contribution in [0.5, 0.6) is 0 Å². The molecule has 96 valence electrons. The lowest BCUT2D eigenvalue weighted by molar-refractivity contribution is -0.0328. The van der Waals surface area contributed by atoms with E-state index in [0.717, 1.165) is 24.8 Å². The van der Waals surface area contributed by atoms with Crippen molar-refractivity contribution in [3.8, 4) is 0 Å². The SMILES string of the molecule is CCCC[C@H](N)c1ccc(SC(F)(F)F)cc1. The molecule has 0 amide bonds. The van der Waals surface area contributed by atoms with Crippen LogP contribution in [0.4, 0.5) is 13.2 Å². The highest BCUT2D eigenvalue weighted by atomic mass is 32.2. The second-order valence-electron chi connectivity index (χ2n) is 3.87. The van der Waals surface area contributed by atoms with Crippen molar-refractivity contribution in [1.82, 2.24) is 0 Å². The molecular weight excluding hydrogens is 247 g/mol. The van der Waals surface area contributed by atoms with Gasteiger partial charge in [-0.2, -0.15) is 13.2 Å². The van der Waals surface area contributed by atoms with Crippen LogP contribution in [0.25, 0.3) is 0 Å². The number of unbranched alkanes of at least 4 members (excludes halogenated alkanes) is 1. The summed E-state index contributed by atoms with van der Waals surface area (Å²) in [4.78, 5) is 0.198. The van der Waals surface area contributed by atoms with E-state index in [0.29, 0.717) is 0 Å². The molecule has 2 N–H and O–H groups in total. The van der Waals surface area contributed by atoms with Crippen molar-refractivity contribution in [3.05, 3.63) is 29.8 Å². The lowest BCUT2D eigenvalue weighted by atomic mass is 10.0. The minimum absolute atomic E-state index is 0.0834. The highest BCUT2D eigenvalue weighted by Gasteiger charge is 2.29. The van der Waals surface area contributed by atoms with Crippen molar-refractivity contribution in [2.24, 2.45) is 5.73 Å². The normalized spacial score (nSPS) is 13.7. The molecule has 0 fully saturated rings. The van der Waals surface area contributed by atoms with E-state index in [1.54, 1.807) is 12.1 Å². The van der Waals surface area contributed by atoms with Crippen LogP contribution in [0.3, 0.4) is 0 Å². The zero-order chi connectivity index (χ0) is 12.9. The van der Waals surface area contributed by atoms with Gasteiger partial charge in [0.2, 0.25) is 0 Å². The van der Waals surface area contributed by atoms with Crippen LogP contribution < -0.4 is 5.73 Å². The third-order valence-corrected chi connectivity index (χ3v) is 3.15. The molecule has 0 saturated carbocycles. The first-order valence-electron chi connectivity index (χ1n) is 5.53. The smallest absolute Gasteiger partial charge is 0.324 e. The van der Waals surface area contributed by atoms with Gasteiger partial charge >= 0.3 is 5.51 Å². The second-order valence-corrected chi connectivity index (χ2v) is 5.00. The third kappa shape index (κ3) is 5.46. The van der Waals surface area contributed by atoms with Gasteiger partial charge in [-0.15, -0.1) is 0 Å². The molecule has 0 unspecified atom stereocenters. The van der Waals surface area contributed by atoms with Crippen molar-refractivity contribution in [2.45, 2.75) is 42.6 Å².